The van der Waals surface area contributed by atoms with E-state index in [1.807, 2.05) is 31.2 Å². The van der Waals surface area contributed by atoms with Gasteiger partial charge in [0.15, 0.2) is 0 Å². The van der Waals surface area contributed by atoms with E-state index in [2.05, 4.69) is 20.9 Å². The summed E-state index contributed by atoms with van der Waals surface area (Å²) in [6.45, 7) is 5.16. The normalized spacial score (nSPS) is 20.1. The maximum absolute atomic E-state index is 12.9. The standard InChI is InChI=1S/C20H24N4O3S/c1-3-24-11-20(14(2)22-24)28(25,26)23-19-13-27-12-16(19)10-15-8-9-21-18-7-5-4-6-17(15)18/h4-9,11,16,19,23H,3,10,12-13H2,1-2H3/t16-,19+/m1/s1. The molecule has 0 spiro atoms. The van der Waals surface area contributed by atoms with Crippen LogP contribution in [0.2, 0.25) is 0 Å². The quantitative estimate of drug-likeness (QED) is 0.686. The molecule has 1 aliphatic rings. The number of fused-ring (bicyclic) bond motifs is 1. The molecule has 1 aromatic carbocycles. The molecular weight excluding hydrogens is 376 g/mol. The number of aryl methyl sites for hydroxylation is 2. The van der Waals surface area contributed by atoms with Gasteiger partial charge in [0.1, 0.15) is 4.90 Å². The van der Waals surface area contributed by atoms with Crippen LogP contribution in [0.15, 0.2) is 47.6 Å². The first-order valence-electron chi connectivity index (χ1n) is 9.44. The van der Waals surface area contributed by atoms with E-state index < -0.39 is 10.0 Å². The second kappa shape index (κ2) is 7.62. The molecule has 1 aliphatic heterocycles. The van der Waals surface area contributed by atoms with Gasteiger partial charge in [-0.3, -0.25) is 9.67 Å². The van der Waals surface area contributed by atoms with Crippen LogP contribution in [0.1, 0.15) is 18.2 Å². The van der Waals surface area contributed by atoms with Crippen molar-refractivity contribution >= 4 is 20.9 Å². The lowest BCUT2D eigenvalue weighted by atomic mass is 9.93. The number of para-hydroxylation sites is 1. The number of rotatable bonds is 6. The maximum Gasteiger partial charge on any atom is 0.244 e. The van der Waals surface area contributed by atoms with Gasteiger partial charge in [-0.05, 0) is 38.0 Å². The molecule has 2 aromatic heterocycles. The number of nitrogens with one attached hydrogen (secondary N) is 1. The van der Waals surface area contributed by atoms with Crippen LogP contribution in [0, 0.1) is 12.8 Å². The number of hydrogen-bond donors (Lipinski definition) is 1. The second-order valence-corrected chi connectivity index (χ2v) is 8.83. The molecule has 0 bridgehead atoms. The highest BCUT2D eigenvalue weighted by atomic mass is 32.2. The Kier molecular flexibility index (Phi) is 5.18. The van der Waals surface area contributed by atoms with Gasteiger partial charge in [0.25, 0.3) is 0 Å². The Labute approximate surface area is 164 Å². The average molecular weight is 401 g/mol. The van der Waals surface area contributed by atoms with Crippen molar-refractivity contribution < 1.29 is 13.2 Å². The molecule has 0 amide bonds. The summed E-state index contributed by atoms with van der Waals surface area (Å²) in [5, 5.41) is 5.35. The number of sulfonamides is 1. The first-order chi connectivity index (χ1) is 13.5. The van der Waals surface area contributed by atoms with Crippen LogP contribution >= 0.6 is 0 Å². The number of pyridine rings is 1. The first-order valence-corrected chi connectivity index (χ1v) is 10.9. The van der Waals surface area contributed by atoms with Crippen molar-refractivity contribution in [2.24, 2.45) is 5.92 Å². The fourth-order valence-electron chi connectivity index (χ4n) is 3.73. The molecule has 0 unspecified atom stereocenters. The molecular formula is C20H24N4O3S. The molecule has 4 rings (SSSR count). The van der Waals surface area contributed by atoms with Crippen LogP contribution in [-0.4, -0.2) is 42.4 Å². The Hall–Kier alpha value is -2.29. The highest BCUT2D eigenvalue weighted by Gasteiger charge is 2.33. The largest absolute Gasteiger partial charge is 0.379 e. The van der Waals surface area contributed by atoms with Gasteiger partial charge in [-0.15, -0.1) is 0 Å². The third-order valence-electron chi connectivity index (χ3n) is 5.24. The van der Waals surface area contributed by atoms with E-state index >= 15 is 0 Å². The number of ether oxygens (including phenoxy) is 1. The van der Waals surface area contributed by atoms with Gasteiger partial charge >= 0.3 is 0 Å². The summed E-state index contributed by atoms with van der Waals surface area (Å²) < 4.78 is 35.9. The predicted octanol–water partition coefficient (Wildman–Crippen LogP) is 2.30. The number of aromatic nitrogens is 3. The first kappa shape index (κ1) is 19.0. The van der Waals surface area contributed by atoms with Crippen molar-refractivity contribution in [2.45, 2.75) is 37.8 Å². The van der Waals surface area contributed by atoms with E-state index in [-0.39, 0.29) is 16.9 Å². The van der Waals surface area contributed by atoms with E-state index in [0.29, 0.717) is 25.5 Å². The van der Waals surface area contributed by atoms with Crippen molar-refractivity contribution in [2.75, 3.05) is 13.2 Å². The molecule has 1 N–H and O–H groups in total. The van der Waals surface area contributed by atoms with Gasteiger partial charge < -0.3 is 4.74 Å². The Morgan fingerprint density at radius 3 is 2.86 bits per heavy atom. The Balaban J connectivity index is 1.56. The van der Waals surface area contributed by atoms with E-state index in [4.69, 9.17) is 4.74 Å². The molecule has 2 atom stereocenters. The van der Waals surface area contributed by atoms with Crippen molar-refractivity contribution in [3.63, 3.8) is 0 Å². The van der Waals surface area contributed by atoms with Crippen molar-refractivity contribution in [3.05, 3.63) is 54.0 Å². The van der Waals surface area contributed by atoms with Crippen LogP contribution < -0.4 is 4.72 Å². The highest BCUT2D eigenvalue weighted by Crippen LogP contribution is 2.25. The lowest BCUT2D eigenvalue weighted by Crippen LogP contribution is -2.40. The van der Waals surface area contributed by atoms with E-state index in [1.165, 1.54) is 0 Å². The van der Waals surface area contributed by atoms with Crippen LogP contribution in [0.5, 0.6) is 0 Å². The van der Waals surface area contributed by atoms with Crippen LogP contribution in [-0.2, 0) is 27.7 Å². The van der Waals surface area contributed by atoms with E-state index in [1.54, 1.807) is 24.0 Å². The number of nitrogens with zero attached hydrogens (tertiary/aromatic N) is 3. The smallest absolute Gasteiger partial charge is 0.244 e. The molecule has 1 saturated heterocycles. The van der Waals surface area contributed by atoms with Gasteiger partial charge in [-0.2, -0.15) is 5.10 Å². The molecule has 3 heterocycles. The number of benzene rings is 1. The summed E-state index contributed by atoms with van der Waals surface area (Å²) in [5.74, 6) is 0.0575. The van der Waals surface area contributed by atoms with Gasteiger partial charge in [0, 0.05) is 30.2 Å². The lowest BCUT2D eigenvalue weighted by molar-refractivity contribution is 0.183. The minimum absolute atomic E-state index is 0.0575. The monoisotopic (exact) mass is 400 g/mol. The topological polar surface area (TPSA) is 86.1 Å². The fraction of sp³-hybridized carbons (Fsp3) is 0.400. The van der Waals surface area contributed by atoms with Crippen molar-refractivity contribution in [1.29, 1.82) is 0 Å². The SMILES string of the molecule is CCn1cc(S(=O)(=O)N[C@H]2COC[C@H]2Cc2ccnc3ccccc23)c(C)n1. The lowest BCUT2D eigenvalue weighted by Gasteiger charge is -2.19. The second-order valence-electron chi connectivity index (χ2n) is 7.15. The summed E-state index contributed by atoms with van der Waals surface area (Å²) in [5.41, 5.74) is 2.60. The average Bonchev–Trinajstić information content (AvgIpc) is 3.28. The van der Waals surface area contributed by atoms with Gasteiger partial charge in [0.2, 0.25) is 10.0 Å². The predicted molar refractivity (Wildman–Crippen MR) is 107 cm³/mol. The van der Waals surface area contributed by atoms with Crippen LogP contribution in [0.3, 0.4) is 0 Å². The molecule has 0 radical (unpaired) electrons. The zero-order valence-electron chi connectivity index (χ0n) is 16.0. The molecule has 148 valence electrons. The summed E-state index contributed by atoms with van der Waals surface area (Å²) >= 11 is 0. The molecule has 7 nitrogen and oxygen atoms in total. The van der Waals surface area contributed by atoms with Crippen molar-refractivity contribution in [3.8, 4) is 0 Å². The zero-order valence-corrected chi connectivity index (χ0v) is 16.8. The summed E-state index contributed by atoms with van der Waals surface area (Å²) in [4.78, 5) is 4.63. The summed E-state index contributed by atoms with van der Waals surface area (Å²) in [7, 11) is -3.66. The minimum atomic E-state index is -3.66. The minimum Gasteiger partial charge on any atom is -0.379 e. The van der Waals surface area contributed by atoms with Crippen molar-refractivity contribution in [1.82, 2.24) is 19.5 Å². The number of hydrogen-bond acceptors (Lipinski definition) is 5. The molecule has 28 heavy (non-hydrogen) atoms. The Bertz CT molecular complexity index is 1090. The molecule has 0 saturated carbocycles. The molecule has 1 fully saturated rings. The third kappa shape index (κ3) is 3.67. The van der Waals surface area contributed by atoms with E-state index in [9.17, 15) is 8.42 Å². The highest BCUT2D eigenvalue weighted by molar-refractivity contribution is 7.89. The third-order valence-corrected chi connectivity index (χ3v) is 6.83. The van der Waals surface area contributed by atoms with Gasteiger partial charge in [0.05, 0.1) is 30.5 Å². The summed E-state index contributed by atoms with van der Waals surface area (Å²) in [6, 6.07) is 9.72. The Morgan fingerprint density at radius 1 is 1.25 bits per heavy atom. The Morgan fingerprint density at radius 2 is 2.07 bits per heavy atom. The van der Waals surface area contributed by atoms with Crippen LogP contribution in [0.4, 0.5) is 0 Å². The van der Waals surface area contributed by atoms with Crippen LogP contribution in [0.25, 0.3) is 10.9 Å². The fourth-order valence-corrected chi connectivity index (χ4v) is 5.21. The van der Waals surface area contributed by atoms with Gasteiger partial charge in [-0.25, -0.2) is 13.1 Å². The molecule has 3 aromatic rings. The zero-order chi connectivity index (χ0) is 19.7. The molecule has 8 heteroatoms. The summed E-state index contributed by atoms with van der Waals surface area (Å²) in [6.07, 6.45) is 4.11. The maximum atomic E-state index is 12.9. The molecule has 0 aliphatic carbocycles. The van der Waals surface area contributed by atoms with Gasteiger partial charge in [-0.1, -0.05) is 18.2 Å². The van der Waals surface area contributed by atoms with E-state index in [0.717, 1.165) is 22.9 Å².